The van der Waals surface area contributed by atoms with Crippen LogP contribution in [0.4, 0.5) is 5.69 Å². The predicted molar refractivity (Wildman–Crippen MR) is 67.8 cm³/mol. The SMILES string of the molecule is COCCS(=O)(=O)Cc1nc2c(N)cccc2o1. The van der Waals surface area contributed by atoms with Crippen LogP contribution in [0.5, 0.6) is 0 Å². The van der Waals surface area contributed by atoms with Crippen LogP contribution in [0.15, 0.2) is 22.6 Å². The maximum absolute atomic E-state index is 11.7. The molecule has 6 nitrogen and oxygen atoms in total. The first-order valence-electron chi connectivity index (χ1n) is 5.35. The number of hydrogen-bond acceptors (Lipinski definition) is 6. The summed E-state index contributed by atoms with van der Waals surface area (Å²) in [6.45, 7) is 0.157. The van der Waals surface area contributed by atoms with Crippen molar-refractivity contribution >= 4 is 26.6 Å². The number of fused-ring (bicyclic) bond motifs is 1. The smallest absolute Gasteiger partial charge is 0.210 e. The number of ether oxygens (including phenoxy) is 1. The van der Waals surface area contributed by atoms with E-state index in [1.165, 1.54) is 7.11 Å². The van der Waals surface area contributed by atoms with Gasteiger partial charge in [0.05, 0.1) is 18.0 Å². The molecule has 0 amide bonds. The maximum Gasteiger partial charge on any atom is 0.210 e. The molecule has 0 spiro atoms. The molecule has 1 heterocycles. The molecule has 0 radical (unpaired) electrons. The zero-order chi connectivity index (χ0) is 13.2. The van der Waals surface area contributed by atoms with Crippen molar-refractivity contribution in [1.29, 1.82) is 0 Å². The van der Waals surface area contributed by atoms with Gasteiger partial charge in [0.2, 0.25) is 5.89 Å². The van der Waals surface area contributed by atoms with Gasteiger partial charge in [0.25, 0.3) is 0 Å². The largest absolute Gasteiger partial charge is 0.439 e. The van der Waals surface area contributed by atoms with E-state index in [-0.39, 0.29) is 24.0 Å². The minimum Gasteiger partial charge on any atom is -0.439 e. The zero-order valence-corrected chi connectivity index (χ0v) is 10.7. The Hall–Kier alpha value is -1.60. The molecule has 0 bridgehead atoms. The number of rotatable bonds is 5. The molecule has 2 N–H and O–H groups in total. The third kappa shape index (κ3) is 2.80. The Balaban J connectivity index is 2.25. The number of hydrogen-bond donors (Lipinski definition) is 1. The third-order valence-corrected chi connectivity index (χ3v) is 3.91. The summed E-state index contributed by atoms with van der Waals surface area (Å²) < 4.78 is 33.5. The van der Waals surface area contributed by atoms with Gasteiger partial charge in [-0.2, -0.15) is 0 Å². The summed E-state index contributed by atoms with van der Waals surface area (Å²) in [5, 5.41) is 0. The van der Waals surface area contributed by atoms with E-state index >= 15 is 0 Å². The summed E-state index contributed by atoms with van der Waals surface area (Å²) in [7, 11) is -1.83. The van der Waals surface area contributed by atoms with E-state index in [4.69, 9.17) is 14.9 Å². The summed E-state index contributed by atoms with van der Waals surface area (Å²) in [4.78, 5) is 4.09. The first-order chi connectivity index (χ1) is 8.52. The number of benzene rings is 1. The van der Waals surface area contributed by atoms with Gasteiger partial charge in [-0.1, -0.05) is 6.07 Å². The highest BCUT2D eigenvalue weighted by atomic mass is 32.2. The highest BCUT2D eigenvalue weighted by Crippen LogP contribution is 2.22. The number of nitrogen functional groups attached to an aromatic ring is 1. The van der Waals surface area contributed by atoms with E-state index in [1.54, 1.807) is 18.2 Å². The molecule has 0 unspecified atom stereocenters. The number of aromatic nitrogens is 1. The number of nitrogens with two attached hydrogens (primary N) is 1. The summed E-state index contributed by atoms with van der Waals surface area (Å²) in [5.74, 6) is -0.152. The van der Waals surface area contributed by atoms with Crippen molar-refractivity contribution in [1.82, 2.24) is 4.98 Å². The second kappa shape index (κ2) is 4.95. The molecule has 2 rings (SSSR count). The number of nitrogens with zero attached hydrogens (tertiary/aromatic N) is 1. The lowest BCUT2D eigenvalue weighted by Gasteiger charge is -1.99. The van der Waals surface area contributed by atoms with E-state index in [9.17, 15) is 8.42 Å². The number of para-hydroxylation sites is 1. The molecule has 0 aliphatic heterocycles. The van der Waals surface area contributed by atoms with Crippen molar-refractivity contribution in [2.45, 2.75) is 5.75 Å². The van der Waals surface area contributed by atoms with Crippen LogP contribution in [0, 0.1) is 0 Å². The Morgan fingerprint density at radius 1 is 1.44 bits per heavy atom. The van der Waals surface area contributed by atoms with E-state index < -0.39 is 9.84 Å². The Morgan fingerprint density at radius 3 is 2.89 bits per heavy atom. The van der Waals surface area contributed by atoms with Crippen molar-refractivity contribution in [3.8, 4) is 0 Å². The summed E-state index contributed by atoms with van der Waals surface area (Å²) in [6.07, 6.45) is 0. The number of oxazole rings is 1. The molecule has 0 aliphatic carbocycles. The van der Waals surface area contributed by atoms with Gasteiger partial charge in [-0.3, -0.25) is 0 Å². The molecule has 0 fully saturated rings. The first kappa shape index (κ1) is 12.8. The average Bonchev–Trinajstić information content (AvgIpc) is 2.69. The van der Waals surface area contributed by atoms with Crippen molar-refractivity contribution in [3.05, 3.63) is 24.1 Å². The fourth-order valence-corrected chi connectivity index (χ4v) is 2.61. The van der Waals surface area contributed by atoms with Gasteiger partial charge < -0.3 is 14.9 Å². The highest BCUT2D eigenvalue weighted by Gasteiger charge is 2.17. The molecular weight excluding hydrogens is 256 g/mol. The highest BCUT2D eigenvalue weighted by molar-refractivity contribution is 7.90. The van der Waals surface area contributed by atoms with Gasteiger partial charge in [0, 0.05) is 7.11 Å². The lowest BCUT2D eigenvalue weighted by atomic mass is 10.3. The lowest BCUT2D eigenvalue weighted by Crippen LogP contribution is -2.13. The zero-order valence-electron chi connectivity index (χ0n) is 9.92. The average molecular weight is 270 g/mol. The van der Waals surface area contributed by atoms with Gasteiger partial charge in [-0.15, -0.1) is 0 Å². The number of anilines is 1. The van der Waals surface area contributed by atoms with Crippen LogP contribution in [0.2, 0.25) is 0 Å². The van der Waals surface area contributed by atoms with Crippen LogP contribution in [0.3, 0.4) is 0 Å². The molecule has 98 valence electrons. The first-order valence-corrected chi connectivity index (χ1v) is 7.17. The number of methoxy groups -OCH3 is 1. The molecule has 0 atom stereocenters. The van der Waals surface area contributed by atoms with Gasteiger partial charge in [-0.25, -0.2) is 13.4 Å². The van der Waals surface area contributed by atoms with Crippen LogP contribution in [-0.4, -0.2) is 32.9 Å². The Bertz CT molecular complexity index is 648. The molecule has 2 aromatic rings. The topological polar surface area (TPSA) is 95.4 Å². The van der Waals surface area contributed by atoms with Crippen molar-refractivity contribution < 1.29 is 17.6 Å². The van der Waals surface area contributed by atoms with Crippen LogP contribution in [0.25, 0.3) is 11.1 Å². The second-order valence-electron chi connectivity index (χ2n) is 3.89. The van der Waals surface area contributed by atoms with Crippen LogP contribution in [0.1, 0.15) is 5.89 Å². The minimum atomic E-state index is -3.28. The molecule has 7 heteroatoms. The number of sulfone groups is 1. The monoisotopic (exact) mass is 270 g/mol. The van der Waals surface area contributed by atoms with Gasteiger partial charge in [0.1, 0.15) is 11.3 Å². The Labute approximate surface area is 105 Å². The van der Waals surface area contributed by atoms with E-state index in [0.717, 1.165) is 0 Å². The predicted octanol–water partition coefficient (Wildman–Crippen LogP) is 0.971. The second-order valence-corrected chi connectivity index (χ2v) is 6.07. The summed E-state index contributed by atoms with van der Waals surface area (Å²) >= 11 is 0. The van der Waals surface area contributed by atoms with E-state index in [2.05, 4.69) is 4.98 Å². The molecular formula is C11H14N2O4S. The lowest BCUT2D eigenvalue weighted by molar-refractivity contribution is 0.217. The quantitative estimate of drug-likeness (QED) is 0.813. The molecule has 1 aromatic carbocycles. The van der Waals surface area contributed by atoms with Crippen LogP contribution in [-0.2, 0) is 20.3 Å². The van der Waals surface area contributed by atoms with E-state index in [1.807, 2.05) is 0 Å². The molecule has 0 saturated carbocycles. The fraction of sp³-hybridized carbons (Fsp3) is 0.364. The van der Waals surface area contributed by atoms with Gasteiger partial charge in [-0.05, 0) is 12.1 Å². The molecule has 0 saturated heterocycles. The normalized spacial score (nSPS) is 12.1. The van der Waals surface area contributed by atoms with Gasteiger partial charge in [0.15, 0.2) is 15.4 Å². The summed E-state index contributed by atoms with van der Waals surface area (Å²) in [5.41, 5.74) is 7.18. The van der Waals surface area contributed by atoms with Crippen LogP contribution >= 0.6 is 0 Å². The summed E-state index contributed by atoms with van der Waals surface area (Å²) in [6, 6.07) is 5.12. The maximum atomic E-state index is 11.7. The van der Waals surface area contributed by atoms with Crippen molar-refractivity contribution in [2.75, 3.05) is 25.2 Å². The Morgan fingerprint density at radius 2 is 2.22 bits per heavy atom. The van der Waals surface area contributed by atoms with Crippen LogP contribution < -0.4 is 5.73 Å². The Kier molecular flexibility index (Phi) is 3.53. The van der Waals surface area contributed by atoms with E-state index in [0.29, 0.717) is 16.8 Å². The fourth-order valence-electron chi connectivity index (χ4n) is 1.55. The van der Waals surface area contributed by atoms with Crippen molar-refractivity contribution in [2.24, 2.45) is 0 Å². The molecule has 0 aliphatic rings. The third-order valence-electron chi connectivity index (χ3n) is 2.44. The standard InChI is InChI=1S/C11H14N2O4S/c1-16-5-6-18(14,15)7-10-13-11-8(12)3-2-4-9(11)17-10/h2-4H,5-7,12H2,1H3. The molecule has 18 heavy (non-hydrogen) atoms. The minimum absolute atomic E-state index is 0.0578. The molecule has 1 aromatic heterocycles. The van der Waals surface area contributed by atoms with Gasteiger partial charge >= 0.3 is 0 Å². The van der Waals surface area contributed by atoms with Crippen molar-refractivity contribution in [3.63, 3.8) is 0 Å².